The first-order valence-corrected chi connectivity index (χ1v) is 6.29. The van der Waals surface area contributed by atoms with Crippen LogP contribution in [0.4, 0.5) is 0 Å². The van der Waals surface area contributed by atoms with Gasteiger partial charge in [0.25, 0.3) is 0 Å². The molecule has 0 aromatic carbocycles. The van der Waals surface area contributed by atoms with Crippen LogP contribution in [0.5, 0.6) is 0 Å². The van der Waals surface area contributed by atoms with E-state index < -0.39 is 15.1 Å². The maximum absolute atomic E-state index is 11.1. The smallest absolute Gasteiger partial charge is 0.151 e. The van der Waals surface area contributed by atoms with Crippen LogP contribution in [0.1, 0.15) is 26.7 Å². The summed E-state index contributed by atoms with van der Waals surface area (Å²) in [4.78, 5) is 0. The topological polar surface area (TPSA) is 60.2 Å². The average molecular weight is 205 g/mol. The second-order valence-electron chi connectivity index (χ2n) is 3.69. The maximum Gasteiger partial charge on any atom is 0.151 e. The lowest BCUT2D eigenvalue weighted by Gasteiger charge is -2.17. The van der Waals surface area contributed by atoms with E-state index in [2.05, 4.69) is 6.58 Å². The van der Waals surface area contributed by atoms with Crippen molar-refractivity contribution in [1.29, 1.82) is 0 Å². The van der Waals surface area contributed by atoms with Crippen molar-refractivity contribution in [3.63, 3.8) is 0 Å². The van der Waals surface area contributed by atoms with E-state index >= 15 is 0 Å². The van der Waals surface area contributed by atoms with Gasteiger partial charge < -0.3 is 5.73 Å². The number of hydrogen-bond acceptors (Lipinski definition) is 3. The van der Waals surface area contributed by atoms with Crippen LogP contribution in [0.25, 0.3) is 0 Å². The van der Waals surface area contributed by atoms with E-state index in [1.54, 1.807) is 6.92 Å². The largest absolute Gasteiger partial charge is 0.327 e. The Balaban J connectivity index is 4.12. The lowest BCUT2D eigenvalue weighted by atomic mass is 10.1. The molecule has 0 aliphatic carbocycles. The lowest BCUT2D eigenvalue weighted by Crippen LogP contribution is -2.37. The van der Waals surface area contributed by atoms with Crippen molar-refractivity contribution >= 4 is 9.84 Å². The van der Waals surface area contributed by atoms with Crippen LogP contribution in [0.15, 0.2) is 12.2 Å². The minimum absolute atomic E-state index is 0.285. The maximum atomic E-state index is 11.1. The summed E-state index contributed by atoms with van der Waals surface area (Å²) in [5.74, 6) is 0. The van der Waals surface area contributed by atoms with Crippen LogP contribution in [0.2, 0.25) is 0 Å². The molecule has 2 N–H and O–H groups in total. The molecule has 0 fully saturated rings. The predicted molar refractivity (Wildman–Crippen MR) is 56.3 cm³/mol. The summed E-state index contributed by atoms with van der Waals surface area (Å²) < 4.78 is 22.2. The molecule has 0 rings (SSSR count). The molecular weight excluding hydrogens is 186 g/mol. The van der Waals surface area contributed by atoms with Gasteiger partial charge in [-0.25, -0.2) is 8.42 Å². The first-order valence-electron chi connectivity index (χ1n) is 4.34. The molecule has 13 heavy (non-hydrogen) atoms. The molecule has 0 saturated heterocycles. The minimum Gasteiger partial charge on any atom is -0.327 e. The van der Waals surface area contributed by atoms with Crippen molar-refractivity contribution in [3.05, 3.63) is 12.2 Å². The van der Waals surface area contributed by atoms with Gasteiger partial charge in [-0.05, 0) is 26.7 Å². The quantitative estimate of drug-likeness (QED) is 0.684. The Bertz CT molecular complexity index is 269. The Labute approximate surface area is 80.9 Å². The summed E-state index contributed by atoms with van der Waals surface area (Å²) in [5, 5.41) is -0.466. The molecule has 0 aromatic rings. The first kappa shape index (κ1) is 12.7. The summed E-state index contributed by atoms with van der Waals surface area (Å²) in [7, 11) is -3.00. The van der Waals surface area contributed by atoms with Crippen molar-refractivity contribution in [3.8, 4) is 0 Å². The van der Waals surface area contributed by atoms with Gasteiger partial charge in [0.05, 0.1) is 5.25 Å². The van der Waals surface area contributed by atoms with E-state index in [1.165, 1.54) is 6.26 Å². The molecule has 78 valence electrons. The molecule has 0 bridgehead atoms. The van der Waals surface area contributed by atoms with Crippen LogP contribution >= 0.6 is 0 Å². The zero-order chi connectivity index (χ0) is 10.6. The lowest BCUT2D eigenvalue weighted by molar-refractivity contribution is 0.546. The second-order valence-corrected chi connectivity index (χ2v) is 6.10. The fourth-order valence-electron chi connectivity index (χ4n) is 0.965. The Morgan fingerprint density at radius 1 is 1.54 bits per heavy atom. The molecule has 3 nitrogen and oxygen atoms in total. The van der Waals surface area contributed by atoms with Crippen molar-refractivity contribution < 1.29 is 8.42 Å². The van der Waals surface area contributed by atoms with E-state index in [-0.39, 0.29) is 6.04 Å². The Kier molecular flexibility index (Phi) is 4.64. The van der Waals surface area contributed by atoms with Gasteiger partial charge >= 0.3 is 0 Å². The molecule has 0 aromatic heterocycles. The van der Waals surface area contributed by atoms with E-state index in [4.69, 9.17) is 5.73 Å². The van der Waals surface area contributed by atoms with Gasteiger partial charge in [0, 0.05) is 12.3 Å². The van der Waals surface area contributed by atoms with Gasteiger partial charge in [-0.1, -0.05) is 5.57 Å². The van der Waals surface area contributed by atoms with E-state index in [1.807, 2.05) is 6.92 Å². The van der Waals surface area contributed by atoms with Crippen LogP contribution in [0, 0.1) is 0 Å². The van der Waals surface area contributed by atoms with Gasteiger partial charge in [-0.2, -0.15) is 0 Å². The fourth-order valence-corrected chi connectivity index (χ4v) is 1.74. The molecule has 0 aliphatic heterocycles. The first-order chi connectivity index (χ1) is 5.75. The van der Waals surface area contributed by atoms with E-state index in [9.17, 15) is 8.42 Å². The molecular formula is C9H19NO2S. The van der Waals surface area contributed by atoms with Crippen LogP contribution in [-0.2, 0) is 9.84 Å². The Morgan fingerprint density at radius 2 is 2.00 bits per heavy atom. The molecule has 4 heteroatoms. The van der Waals surface area contributed by atoms with Gasteiger partial charge in [0.1, 0.15) is 0 Å². The summed E-state index contributed by atoms with van der Waals surface area (Å²) in [6.45, 7) is 7.31. The molecule has 0 saturated carbocycles. The summed E-state index contributed by atoms with van der Waals surface area (Å²) in [6, 6.07) is -0.285. The van der Waals surface area contributed by atoms with Crippen LogP contribution in [-0.4, -0.2) is 26.0 Å². The number of nitrogens with two attached hydrogens (primary N) is 1. The third kappa shape index (κ3) is 5.05. The molecule has 0 aliphatic rings. The molecule has 0 heterocycles. The number of rotatable bonds is 5. The van der Waals surface area contributed by atoms with E-state index in [0.717, 1.165) is 12.0 Å². The average Bonchev–Trinajstić information content (AvgIpc) is 1.96. The highest BCUT2D eigenvalue weighted by atomic mass is 32.2. The van der Waals surface area contributed by atoms with Crippen LogP contribution in [0.3, 0.4) is 0 Å². The van der Waals surface area contributed by atoms with E-state index in [0.29, 0.717) is 6.42 Å². The fraction of sp³-hybridized carbons (Fsp3) is 0.778. The van der Waals surface area contributed by atoms with Crippen molar-refractivity contribution in [2.24, 2.45) is 5.73 Å². The summed E-state index contributed by atoms with van der Waals surface area (Å²) in [6.07, 6.45) is 2.70. The second kappa shape index (κ2) is 4.77. The third-order valence-corrected chi connectivity index (χ3v) is 3.88. The SMILES string of the molecule is C=C(C)CCC(N)C(C)S(C)(=O)=O. The number of sulfone groups is 1. The highest BCUT2D eigenvalue weighted by Gasteiger charge is 2.21. The van der Waals surface area contributed by atoms with Gasteiger partial charge in [-0.15, -0.1) is 6.58 Å². The van der Waals surface area contributed by atoms with Gasteiger partial charge in [-0.3, -0.25) is 0 Å². The minimum atomic E-state index is -3.00. The predicted octanol–water partition coefficient (Wildman–Crippen LogP) is 1.10. The third-order valence-electron chi connectivity index (χ3n) is 2.18. The summed E-state index contributed by atoms with van der Waals surface area (Å²) in [5.41, 5.74) is 6.77. The highest BCUT2D eigenvalue weighted by Crippen LogP contribution is 2.10. The normalized spacial score (nSPS) is 16.6. The summed E-state index contributed by atoms with van der Waals surface area (Å²) >= 11 is 0. The Morgan fingerprint density at radius 3 is 2.31 bits per heavy atom. The number of allylic oxidation sites excluding steroid dienone is 1. The van der Waals surface area contributed by atoms with Crippen LogP contribution < -0.4 is 5.73 Å². The van der Waals surface area contributed by atoms with Gasteiger partial charge in [0.15, 0.2) is 9.84 Å². The Hall–Kier alpha value is -0.350. The molecule has 0 spiro atoms. The standard InChI is InChI=1S/C9H19NO2S/c1-7(2)5-6-9(10)8(3)13(4,11)12/h8-9H,1,5-6,10H2,2-4H3. The molecule has 0 radical (unpaired) electrons. The highest BCUT2D eigenvalue weighted by molar-refractivity contribution is 7.91. The monoisotopic (exact) mass is 205 g/mol. The molecule has 0 amide bonds. The zero-order valence-electron chi connectivity index (χ0n) is 8.58. The van der Waals surface area contributed by atoms with Gasteiger partial charge in [0.2, 0.25) is 0 Å². The van der Waals surface area contributed by atoms with Crippen molar-refractivity contribution in [1.82, 2.24) is 0 Å². The molecule has 2 unspecified atom stereocenters. The molecule has 2 atom stereocenters. The number of hydrogen-bond donors (Lipinski definition) is 1. The zero-order valence-corrected chi connectivity index (χ0v) is 9.39. The van der Waals surface area contributed by atoms with Crippen molar-refractivity contribution in [2.75, 3.05) is 6.26 Å². The van der Waals surface area contributed by atoms with Crippen molar-refractivity contribution in [2.45, 2.75) is 38.0 Å².